The van der Waals surface area contributed by atoms with Crippen molar-refractivity contribution in [1.82, 2.24) is 24.5 Å². The molecule has 0 bridgehead atoms. The van der Waals surface area contributed by atoms with Crippen LogP contribution in [0.1, 0.15) is 0 Å². The Morgan fingerprint density at radius 1 is 1.07 bits per heavy atom. The molecule has 0 radical (unpaired) electrons. The number of aromatic amines is 1. The number of fused-ring (bicyclic) bond motifs is 2. The predicted octanol–water partition coefficient (Wildman–Crippen LogP) is -3.58. The summed E-state index contributed by atoms with van der Waals surface area (Å²) in [6.07, 6.45) is -5.57. The van der Waals surface area contributed by atoms with Crippen molar-refractivity contribution in [3.05, 3.63) is 39.2 Å². The van der Waals surface area contributed by atoms with Gasteiger partial charge in [-0.15, -0.1) is 0 Å². The van der Waals surface area contributed by atoms with Gasteiger partial charge in [0, 0.05) is 6.20 Å². The molecular formula is C15H17N5O7. The van der Waals surface area contributed by atoms with E-state index in [-0.39, 0.29) is 22.7 Å². The van der Waals surface area contributed by atoms with E-state index in [0.29, 0.717) is 0 Å². The van der Waals surface area contributed by atoms with Crippen LogP contribution in [0.5, 0.6) is 0 Å². The molecule has 0 spiro atoms. The van der Waals surface area contributed by atoms with Gasteiger partial charge in [-0.3, -0.25) is 9.78 Å². The van der Waals surface area contributed by atoms with Crippen LogP contribution in [0.3, 0.4) is 0 Å². The minimum absolute atomic E-state index is 0.168. The molecule has 0 saturated carbocycles. The smallest absolute Gasteiger partial charge is 0.349 e. The van der Waals surface area contributed by atoms with E-state index in [9.17, 15) is 30.0 Å². The zero-order valence-electron chi connectivity index (χ0n) is 13.8. The number of nitrogens with one attached hydrogen (secondary N) is 1. The van der Waals surface area contributed by atoms with E-state index in [0.717, 1.165) is 0 Å². The van der Waals surface area contributed by atoms with E-state index in [2.05, 4.69) is 15.0 Å². The largest absolute Gasteiger partial charge is 0.394 e. The number of aromatic nitrogens is 5. The number of aliphatic hydroxyl groups is 5. The van der Waals surface area contributed by atoms with Crippen molar-refractivity contribution in [2.24, 2.45) is 0 Å². The summed E-state index contributed by atoms with van der Waals surface area (Å²) in [7, 11) is 0. The predicted molar refractivity (Wildman–Crippen MR) is 89.9 cm³/mol. The van der Waals surface area contributed by atoms with Crippen LogP contribution in [-0.4, -0.2) is 81.1 Å². The van der Waals surface area contributed by atoms with E-state index in [1.807, 2.05) is 4.98 Å². The Morgan fingerprint density at radius 3 is 2.48 bits per heavy atom. The number of aliphatic hydroxyl groups excluding tert-OH is 5. The highest BCUT2D eigenvalue weighted by atomic mass is 16.4. The molecular weight excluding hydrogens is 362 g/mol. The summed E-state index contributed by atoms with van der Waals surface area (Å²) >= 11 is 0. The SMILES string of the molecule is O=c1nc2n(C[C@H](O)[C@@H](O)[C@H](O)[C@H](O)CO)c3ncccc3nc-2c(=O)[nH]1. The fourth-order valence-corrected chi connectivity index (χ4v) is 2.66. The number of hydrogen-bond donors (Lipinski definition) is 6. The Morgan fingerprint density at radius 2 is 1.78 bits per heavy atom. The summed E-state index contributed by atoms with van der Waals surface area (Å²) < 4.78 is 1.21. The maximum atomic E-state index is 12.0. The number of rotatable bonds is 6. The van der Waals surface area contributed by atoms with E-state index in [1.54, 1.807) is 12.1 Å². The Hall–Kier alpha value is -2.77. The minimum Gasteiger partial charge on any atom is -0.394 e. The van der Waals surface area contributed by atoms with Gasteiger partial charge in [-0.2, -0.15) is 4.98 Å². The maximum absolute atomic E-state index is 12.0. The quantitative estimate of drug-likeness (QED) is 0.233. The molecule has 0 amide bonds. The van der Waals surface area contributed by atoms with Crippen LogP contribution in [0.4, 0.5) is 0 Å². The van der Waals surface area contributed by atoms with Crippen molar-refractivity contribution in [2.75, 3.05) is 6.61 Å². The molecule has 3 heterocycles. The van der Waals surface area contributed by atoms with Gasteiger partial charge in [0.1, 0.15) is 29.9 Å². The van der Waals surface area contributed by atoms with Crippen molar-refractivity contribution < 1.29 is 25.5 Å². The number of hydrogen-bond acceptors (Lipinski definition) is 10. The van der Waals surface area contributed by atoms with Gasteiger partial charge in [0.05, 0.1) is 13.2 Å². The van der Waals surface area contributed by atoms with Gasteiger partial charge in [0.15, 0.2) is 17.2 Å². The van der Waals surface area contributed by atoms with Gasteiger partial charge in [0.25, 0.3) is 5.56 Å². The molecule has 12 nitrogen and oxygen atoms in total. The fraction of sp³-hybridized carbons (Fsp3) is 0.400. The monoisotopic (exact) mass is 379 g/mol. The second-order valence-corrected chi connectivity index (χ2v) is 5.91. The number of pyridine rings is 1. The lowest BCUT2D eigenvalue weighted by Crippen LogP contribution is -2.47. The highest BCUT2D eigenvalue weighted by Crippen LogP contribution is 2.20. The summed E-state index contributed by atoms with van der Waals surface area (Å²) in [4.78, 5) is 37.6. The maximum Gasteiger partial charge on any atom is 0.349 e. The van der Waals surface area contributed by atoms with Gasteiger partial charge >= 0.3 is 5.69 Å². The van der Waals surface area contributed by atoms with Crippen LogP contribution in [0.2, 0.25) is 0 Å². The van der Waals surface area contributed by atoms with Crippen molar-refractivity contribution in [2.45, 2.75) is 31.0 Å². The first-order chi connectivity index (χ1) is 12.8. The molecule has 3 rings (SSSR count). The second kappa shape index (κ2) is 7.46. The highest BCUT2D eigenvalue weighted by Gasteiger charge is 2.31. The van der Waals surface area contributed by atoms with E-state index >= 15 is 0 Å². The molecule has 0 unspecified atom stereocenters. The average Bonchev–Trinajstić information content (AvgIpc) is 2.66. The van der Waals surface area contributed by atoms with Crippen molar-refractivity contribution in [3.8, 4) is 11.5 Å². The third kappa shape index (κ3) is 3.56. The van der Waals surface area contributed by atoms with Crippen LogP contribution in [0, 0.1) is 0 Å². The second-order valence-electron chi connectivity index (χ2n) is 5.91. The third-order valence-corrected chi connectivity index (χ3v) is 4.06. The van der Waals surface area contributed by atoms with Crippen molar-refractivity contribution >= 4 is 11.2 Å². The molecule has 0 aliphatic carbocycles. The molecule has 4 atom stereocenters. The lowest BCUT2D eigenvalue weighted by molar-refractivity contribution is -0.117. The molecule has 0 fully saturated rings. The lowest BCUT2D eigenvalue weighted by Gasteiger charge is -2.27. The molecule has 27 heavy (non-hydrogen) atoms. The molecule has 1 aromatic heterocycles. The van der Waals surface area contributed by atoms with Crippen LogP contribution in [0.25, 0.3) is 22.7 Å². The van der Waals surface area contributed by atoms with Crippen LogP contribution in [0.15, 0.2) is 27.9 Å². The summed E-state index contributed by atoms with van der Waals surface area (Å²) in [5, 5.41) is 48.4. The first kappa shape index (κ1) is 19.0. The summed E-state index contributed by atoms with van der Waals surface area (Å²) in [6.45, 7) is -1.25. The Labute approximate surface area is 150 Å². The molecule has 144 valence electrons. The fourth-order valence-electron chi connectivity index (χ4n) is 2.66. The standard InChI is InChI=1S/C15H17N5O7/c21-5-8(23)11(25)10(24)7(22)4-20-12-6(2-1-3-16-12)17-9-13(20)18-15(27)19-14(9)26/h1-3,7-8,10-11,21-25H,4-5H2,(H,19,26,27)/t7-,8+,10+,11+/m0/s1. The van der Waals surface area contributed by atoms with Crippen molar-refractivity contribution in [1.29, 1.82) is 0 Å². The summed E-state index contributed by atoms with van der Waals surface area (Å²) in [6, 6.07) is 3.12. The van der Waals surface area contributed by atoms with Gasteiger partial charge in [-0.05, 0) is 12.1 Å². The van der Waals surface area contributed by atoms with Crippen LogP contribution < -0.4 is 11.2 Å². The van der Waals surface area contributed by atoms with E-state index in [4.69, 9.17) is 5.11 Å². The minimum atomic E-state index is -1.84. The Balaban J connectivity index is 2.11. The lowest BCUT2D eigenvalue weighted by atomic mass is 10.0. The first-order valence-corrected chi connectivity index (χ1v) is 7.92. The van der Waals surface area contributed by atoms with E-state index < -0.39 is 48.8 Å². The molecule has 1 aromatic rings. The molecule has 2 aliphatic heterocycles. The molecule has 12 heteroatoms. The van der Waals surface area contributed by atoms with Gasteiger partial charge < -0.3 is 30.1 Å². The molecule has 0 aromatic carbocycles. The normalized spacial score (nSPS) is 16.3. The van der Waals surface area contributed by atoms with E-state index in [1.165, 1.54) is 10.8 Å². The van der Waals surface area contributed by atoms with Crippen LogP contribution in [-0.2, 0) is 6.54 Å². The summed E-state index contributed by atoms with van der Waals surface area (Å²) in [5.41, 5.74) is -1.44. The van der Waals surface area contributed by atoms with Gasteiger partial charge in [-0.25, -0.2) is 14.8 Å². The Bertz CT molecular complexity index is 1040. The van der Waals surface area contributed by atoms with Gasteiger partial charge in [0.2, 0.25) is 0 Å². The zero-order chi connectivity index (χ0) is 19.7. The third-order valence-electron chi connectivity index (χ3n) is 4.06. The number of H-pyrrole nitrogens is 1. The zero-order valence-corrected chi connectivity index (χ0v) is 13.8. The molecule has 0 saturated heterocycles. The molecule has 2 aliphatic rings. The summed E-state index contributed by atoms with van der Waals surface area (Å²) in [5.74, 6) is -0.168. The average molecular weight is 379 g/mol. The number of nitrogens with zero attached hydrogens (tertiary/aromatic N) is 4. The first-order valence-electron chi connectivity index (χ1n) is 7.92. The molecule has 6 N–H and O–H groups in total. The van der Waals surface area contributed by atoms with Gasteiger partial charge in [-0.1, -0.05) is 0 Å². The van der Waals surface area contributed by atoms with Crippen molar-refractivity contribution in [3.63, 3.8) is 0 Å². The van der Waals surface area contributed by atoms with Crippen LogP contribution >= 0.6 is 0 Å². The topological polar surface area (TPSA) is 195 Å². The highest BCUT2D eigenvalue weighted by molar-refractivity contribution is 5.75. The Kier molecular flexibility index (Phi) is 5.25.